The van der Waals surface area contributed by atoms with Crippen molar-refractivity contribution < 1.29 is 9.59 Å². The number of carbonyl (C=O) groups is 2. The second-order valence-corrected chi connectivity index (χ2v) is 6.94. The third kappa shape index (κ3) is 3.78. The van der Waals surface area contributed by atoms with Crippen LogP contribution in [0.3, 0.4) is 0 Å². The van der Waals surface area contributed by atoms with E-state index in [4.69, 9.17) is 0 Å². The normalized spacial score (nSPS) is 22.6. The molecule has 0 radical (unpaired) electrons. The maximum absolute atomic E-state index is 12.4. The molecule has 1 unspecified atom stereocenters. The van der Waals surface area contributed by atoms with Gasteiger partial charge in [-0.1, -0.05) is 43.7 Å². The van der Waals surface area contributed by atoms with Gasteiger partial charge in [-0.2, -0.15) is 0 Å². The van der Waals surface area contributed by atoms with Crippen molar-refractivity contribution in [3.05, 3.63) is 35.9 Å². The zero-order valence-corrected chi connectivity index (χ0v) is 14.4. The highest BCUT2D eigenvalue weighted by Gasteiger charge is 2.45. The molecule has 0 aliphatic carbocycles. The van der Waals surface area contributed by atoms with E-state index in [-0.39, 0.29) is 23.5 Å². The summed E-state index contributed by atoms with van der Waals surface area (Å²) >= 11 is 0. The van der Waals surface area contributed by atoms with Crippen molar-refractivity contribution in [3.63, 3.8) is 0 Å². The number of likely N-dealkylation sites (tertiary alicyclic amines) is 1. The number of hydrogen-bond acceptors (Lipinski definition) is 3. The van der Waals surface area contributed by atoms with Crippen LogP contribution in [0.15, 0.2) is 30.3 Å². The van der Waals surface area contributed by atoms with Crippen molar-refractivity contribution >= 4 is 11.8 Å². The lowest BCUT2D eigenvalue weighted by molar-refractivity contribution is -0.133. The Morgan fingerprint density at radius 3 is 2.62 bits per heavy atom. The molecule has 130 valence electrons. The molecule has 2 fully saturated rings. The molecule has 1 spiro atoms. The van der Waals surface area contributed by atoms with Gasteiger partial charge < -0.3 is 10.2 Å². The molecule has 5 nitrogen and oxygen atoms in total. The van der Waals surface area contributed by atoms with Gasteiger partial charge in [-0.15, -0.1) is 0 Å². The predicted octanol–water partition coefficient (Wildman–Crippen LogP) is 1.83. The van der Waals surface area contributed by atoms with Crippen molar-refractivity contribution in [1.29, 1.82) is 0 Å². The number of nitrogens with one attached hydrogen (secondary N) is 2. The van der Waals surface area contributed by atoms with E-state index in [1.165, 1.54) is 0 Å². The van der Waals surface area contributed by atoms with Gasteiger partial charge in [0.15, 0.2) is 0 Å². The third-order valence-corrected chi connectivity index (χ3v) is 5.13. The van der Waals surface area contributed by atoms with E-state index in [9.17, 15) is 9.59 Å². The van der Waals surface area contributed by atoms with Gasteiger partial charge >= 0.3 is 0 Å². The fourth-order valence-electron chi connectivity index (χ4n) is 3.64. The quantitative estimate of drug-likeness (QED) is 0.866. The van der Waals surface area contributed by atoms with Gasteiger partial charge in [0.05, 0.1) is 11.7 Å². The number of carbonyl (C=O) groups excluding carboxylic acids is 2. The van der Waals surface area contributed by atoms with Crippen molar-refractivity contribution in [2.45, 2.75) is 57.2 Å². The summed E-state index contributed by atoms with van der Waals surface area (Å²) in [5.74, 6) is 0.321. The minimum Gasteiger partial charge on any atom is -0.342 e. The minimum atomic E-state index is -0.335. The molecule has 2 aliphatic rings. The summed E-state index contributed by atoms with van der Waals surface area (Å²) < 4.78 is 0. The predicted molar refractivity (Wildman–Crippen MR) is 93.3 cm³/mol. The van der Waals surface area contributed by atoms with E-state index in [1.807, 2.05) is 23.1 Å². The number of rotatable bonds is 5. The zero-order valence-electron chi connectivity index (χ0n) is 14.4. The Kier molecular flexibility index (Phi) is 5.19. The third-order valence-electron chi connectivity index (χ3n) is 5.13. The number of hydrogen-bond donors (Lipinski definition) is 2. The average molecular weight is 329 g/mol. The maximum atomic E-state index is 12.4. The highest BCUT2D eigenvalue weighted by atomic mass is 16.2. The molecular weight excluding hydrogens is 302 g/mol. The Balaban J connectivity index is 1.55. The van der Waals surface area contributed by atoms with Gasteiger partial charge in [0.2, 0.25) is 11.8 Å². The van der Waals surface area contributed by atoms with Crippen LogP contribution in [0.1, 0.15) is 44.6 Å². The van der Waals surface area contributed by atoms with Gasteiger partial charge in [0.25, 0.3) is 0 Å². The first-order chi connectivity index (χ1) is 11.6. The lowest BCUT2D eigenvalue weighted by Crippen LogP contribution is -2.58. The molecule has 1 aromatic carbocycles. The van der Waals surface area contributed by atoms with E-state index in [2.05, 4.69) is 29.7 Å². The standard InChI is InChI=1S/C19H27N3O2/c1-2-3-9-17(23)22-12-10-19(11-13-22)20-16(18(24)21-19)14-15-7-5-4-6-8-15/h4-8,16,20H,2-3,9-14H2,1H3,(H,21,24). The van der Waals surface area contributed by atoms with Crippen LogP contribution in [0.4, 0.5) is 0 Å². The number of amides is 2. The Labute approximate surface area is 143 Å². The van der Waals surface area contributed by atoms with Crippen molar-refractivity contribution in [2.75, 3.05) is 13.1 Å². The van der Waals surface area contributed by atoms with Crippen LogP contribution in [0.25, 0.3) is 0 Å². The van der Waals surface area contributed by atoms with Crippen molar-refractivity contribution in [2.24, 2.45) is 0 Å². The maximum Gasteiger partial charge on any atom is 0.238 e. The van der Waals surface area contributed by atoms with E-state index in [0.717, 1.165) is 31.2 Å². The van der Waals surface area contributed by atoms with Gasteiger partial charge in [0.1, 0.15) is 0 Å². The van der Waals surface area contributed by atoms with Crippen LogP contribution in [-0.4, -0.2) is 41.5 Å². The molecule has 0 saturated carbocycles. The fourth-order valence-corrected chi connectivity index (χ4v) is 3.64. The smallest absolute Gasteiger partial charge is 0.238 e. The first kappa shape index (κ1) is 17.0. The van der Waals surface area contributed by atoms with E-state index >= 15 is 0 Å². The molecule has 3 rings (SSSR count). The molecule has 0 aromatic heterocycles. The lowest BCUT2D eigenvalue weighted by atomic mass is 9.97. The molecule has 1 atom stereocenters. The largest absolute Gasteiger partial charge is 0.342 e. The number of nitrogens with zero attached hydrogens (tertiary/aromatic N) is 1. The number of unbranched alkanes of at least 4 members (excludes halogenated alkanes) is 1. The van der Waals surface area contributed by atoms with Crippen LogP contribution in [0.2, 0.25) is 0 Å². The van der Waals surface area contributed by atoms with E-state index < -0.39 is 0 Å². The Morgan fingerprint density at radius 1 is 1.25 bits per heavy atom. The van der Waals surface area contributed by atoms with Crippen molar-refractivity contribution in [1.82, 2.24) is 15.5 Å². The summed E-state index contributed by atoms with van der Waals surface area (Å²) in [5, 5.41) is 6.66. The van der Waals surface area contributed by atoms with Gasteiger partial charge in [0, 0.05) is 32.4 Å². The molecular formula is C19H27N3O2. The Hall–Kier alpha value is -1.88. The van der Waals surface area contributed by atoms with E-state index in [1.54, 1.807) is 0 Å². The summed E-state index contributed by atoms with van der Waals surface area (Å²) in [5.41, 5.74) is 0.826. The molecule has 5 heteroatoms. The minimum absolute atomic E-state index is 0.0737. The first-order valence-corrected chi connectivity index (χ1v) is 9.03. The van der Waals surface area contributed by atoms with Gasteiger partial charge in [-0.3, -0.25) is 14.9 Å². The average Bonchev–Trinajstić information content (AvgIpc) is 2.89. The zero-order chi connectivity index (χ0) is 17.0. The summed E-state index contributed by atoms with van der Waals surface area (Å²) in [7, 11) is 0. The molecule has 2 N–H and O–H groups in total. The highest BCUT2D eigenvalue weighted by Crippen LogP contribution is 2.26. The molecule has 2 saturated heterocycles. The monoisotopic (exact) mass is 329 g/mol. The molecule has 1 aromatic rings. The number of benzene rings is 1. The Bertz CT molecular complexity index is 580. The second-order valence-electron chi connectivity index (χ2n) is 6.94. The molecule has 24 heavy (non-hydrogen) atoms. The van der Waals surface area contributed by atoms with Crippen LogP contribution < -0.4 is 10.6 Å². The van der Waals surface area contributed by atoms with Crippen LogP contribution in [0.5, 0.6) is 0 Å². The lowest BCUT2D eigenvalue weighted by Gasteiger charge is -2.39. The van der Waals surface area contributed by atoms with Gasteiger partial charge in [-0.05, 0) is 18.4 Å². The summed E-state index contributed by atoms with van der Waals surface area (Å²) in [4.78, 5) is 26.4. The van der Waals surface area contributed by atoms with Crippen molar-refractivity contribution in [3.8, 4) is 0 Å². The molecule has 0 bridgehead atoms. The Morgan fingerprint density at radius 2 is 1.96 bits per heavy atom. The number of piperidine rings is 1. The summed E-state index contributed by atoms with van der Waals surface area (Å²) in [6.07, 6.45) is 4.90. The second kappa shape index (κ2) is 7.34. The van der Waals surface area contributed by atoms with Crippen LogP contribution >= 0.6 is 0 Å². The summed E-state index contributed by atoms with van der Waals surface area (Å²) in [6.45, 7) is 3.53. The summed E-state index contributed by atoms with van der Waals surface area (Å²) in [6, 6.07) is 9.90. The van der Waals surface area contributed by atoms with Gasteiger partial charge in [-0.25, -0.2) is 0 Å². The van der Waals surface area contributed by atoms with E-state index in [0.29, 0.717) is 25.9 Å². The SMILES string of the molecule is CCCCC(=O)N1CCC2(CC1)NC(=O)C(Cc1ccccc1)N2. The van der Waals surface area contributed by atoms with Crippen LogP contribution in [0, 0.1) is 0 Å². The first-order valence-electron chi connectivity index (χ1n) is 9.03. The fraction of sp³-hybridized carbons (Fsp3) is 0.579. The molecule has 2 aliphatic heterocycles. The molecule has 2 amide bonds. The molecule has 2 heterocycles. The topological polar surface area (TPSA) is 61.4 Å². The van der Waals surface area contributed by atoms with Crippen LogP contribution in [-0.2, 0) is 16.0 Å². The highest BCUT2D eigenvalue weighted by molar-refractivity contribution is 5.85.